The van der Waals surface area contributed by atoms with Crippen LogP contribution in [0.15, 0.2) is 18.2 Å². The van der Waals surface area contributed by atoms with Crippen molar-refractivity contribution in [3.05, 3.63) is 18.2 Å². The molecule has 148 valence electrons. The van der Waals surface area contributed by atoms with Crippen LogP contribution in [-0.2, 0) is 0 Å². The summed E-state index contributed by atoms with van der Waals surface area (Å²) in [4.78, 5) is 12.5. The molecule has 1 aromatic carbocycles. The van der Waals surface area contributed by atoms with Crippen molar-refractivity contribution in [1.29, 1.82) is 0 Å². The monoisotopic (exact) mass is 372 g/mol. The maximum Gasteiger partial charge on any atom is 0.319 e. The van der Waals surface area contributed by atoms with Gasteiger partial charge >= 0.3 is 6.03 Å². The van der Waals surface area contributed by atoms with Gasteiger partial charge in [0.1, 0.15) is 0 Å². The number of urea groups is 1. The molecule has 4 saturated carbocycles. The summed E-state index contributed by atoms with van der Waals surface area (Å²) in [6, 6.07) is 5.41. The zero-order valence-electron chi connectivity index (χ0n) is 16.6. The van der Waals surface area contributed by atoms with Gasteiger partial charge in [-0.1, -0.05) is 0 Å². The van der Waals surface area contributed by atoms with Crippen molar-refractivity contribution in [3.8, 4) is 11.5 Å². The number of hydrogen-bond acceptors (Lipinski definition) is 3. The molecule has 5 rings (SSSR count). The molecule has 0 spiro atoms. The summed E-state index contributed by atoms with van der Waals surface area (Å²) in [6.07, 6.45) is 8.19. The van der Waals surface area contributed by atoms with Crippen LogP contribution in [0.2, 0.25) is 0 Å². The van der Waals surface area contributed by atoms with E-state index in [-0.39, 0.29) is 6.03 Å². The first-order valence-electron chi connectivity index (χ1n) is 10.5. The first-order chi connectivity index (χ1) is 13.1. The average molecular weight is 373 g/mol. The number of nitrogens with one attached hydrogen (secondary N) is 2. The Hall–Kier alpha value is -1.91. The van der Waals surface area contributed by atoms with Crippen LogP contribution >= 0.6 is 0 Å². The molecule has 0 unspecified atom stereocenters. The highest BCUT2D eigenvalue weighted by Gasteiger charge is 2.50. The van der Waals surface area contributed by atoms with E-state index in [1.807, 2.05) is 32.0 Å². The molecule has 0 radical (unpaired) electrons. The lowest BCUT2D eigenvalue weighted by Crippen LogP contribution is -2.51. The van der Waals surface area contributed by atoms with Crippen LogP contribution in [0.3, 0.4) is 0 Å². The molecule has 4 aliphatic carbocycles. The van der Waals surface area contributed by atoms with Gasteiger partial charge in [0.05, 0.1) is 13.2 Å². The second-order valence-electron chi connectivity index (χ2n) is 8.75. The lowest BCUT2D eigenvalue weighted by atomic mass is 9.49. The minimum Gasteiger partial charge on any atom is -0.490 e. The molecule has 27 heavy (non-hydrogen) atoms. The van der Waals surface area contributed by atoms with Gasteiger partial charge in [0.15, 0.2) is 11.5 Å². The van der Waals surface area contributed by atoms with Crippen LogP contribution in [0, 0.1) is 23.2 Å². The quantitative estimate of drug-likeness (QED) is 0.721. The van der Waals surface area contributed by atoms with Gasteiger partial charge in [-0.25, -0.2) is 4.79 Å². The summed E-state index contributed by atoms with van der Waals surface area (Å²) in [5.41, 5.74) is 1.08. The van der Waals surface area contributed by atoms with Gasteiger partial charge < -0.3 is 20.1 Å². The fraction of sp³-hybridized carbons (Fsp3) is 0.682. The molecule has 0 atom stereocenters. The largest absolute Gasteiger partial charge is 0.490 e. The third kappa shape index (κ3) is 4.02. The molecule has 4 fully saturated rings. The number of anilines is 1. The molecule has 2 N–H and O–H groups in total. The van der Waals surface area contributed by atoms with E-state index in [0.29, 0.717) is 30.1 Å². The topological polar surface area (TPSA) is 59.6 Å². The predicted molar refractivity (Wildman–Crippen MR) is 106 cm³/mol. The van der Waals surface area contributed by atoms with E-state index in [4.69, 9.17) is 9.47 Å². The highest BCUT2D eigenvalue weighted by atomic mass is 16.5. The fourth-order valence-electron chi connectivity index (χ4n) is 6.08. The lowest BCUT2D eigenvalue weighted by molar-refractivity contribution is -0.0496. The molecule has 0 heterocycles. The predicted octanol–water partition coefficient (Wildman–Crippen LogP) is 4.82. The van der Waals surface area contributed by atoms with Gasteiger partial charge in [-0.3, -0.25) is 0 Å². The summed E-state index contributed by atoms with van der Waals surface area (Å²) in [7, 11) is 0. The third-order valence-electron chi connectivity index (χ3n) is 6.59. The summed E-state index contributed by atoms with van der Waals surface area (Å²) < 4.78 is 11.2. The Labute approximate surface area is 162 Å². The molecule has 4 aliphatic rings. The molecule has 5 nitrogen and oxygen atoms in total. The van der Waals surface area contributed by atoms with Crippen molar-refractivity contribution in [3.63, 3.8) is 0 Å². The van der Waals surface area contributed by atoms with Gasteiger partial charge in [-0.15, -0.1) is 0 Å². The van der Waals surface area contributed by atoms with Crippen LogP contribution in [-0.4, -0.2) is 25.8 Å². The first-order valence-corrected chi connectivity index (χ1v) is 10.5. The third-order valence-corrected chi connectivity index (χ3v) is 6.59. The number of hydrogen-bond donors (Lipinski definition) is 2. The Bertz CT molecular complexity index is 653. The molecular formula is C22H32N2O3. The number of amides is 2. The van der Waals surface area contributed by atoms with Crippen molar-refractivity contribution >= 4 is 11.7 Å². The zero-order chi connectivity index (χ0) is 18.9. The van der Waals surface area contributed by atoms with Crippen molar-refractivity contribution in [1.82, 2.24) is 5.32 Å². The van der Waals surface area contributed by atoms with E-state index in [9.17, 15) is 4.79 Å². The SMILES string of the molecule is CCOc1ccc(NC(=O)NCC23CC4CC(CC(C4)C2)C3)cc1OCC. The van der Waals surface area contributed by atoms with E-state index >= 15 is 0 Å². The maximum atomic E-state index is 12.5. The average Bonchev–Trinajstić information content (AvgIpc) is 2.62. The zero-order valence-corrected chi connectivity index (χ0v) is 16.6. The Kier molecular flexibility index (Phi) is 5.20. The standard InChI is InChI=1S/C22H32N2O3/c1-3-26-19-6-5-18(10-20(19)27-4-2)24-21(25)23-14-22-11-15-7-16(12-22)9-17(8-15)13-22/h5-6,10,15-17H,3-4,7-9,11-14H2,1-2H3,(H2,23,24,25). The summed E-state index contributed by atoms with van der Waals surface area (Å²) in [5, 5.41) is 6.11. The van der Waals surface area contributed by atoms with Gasteiger partial charge in [0.2, 0.25) is 0 Å². The van der Waals surface area contributed by atoms with Crippen molar-refractivity contribution in [2.24, 2.45) is 23.2 Å². The van der Waals surface area contributed by atoms with Crippen molar-refractivity contribution < 1.29 is 14.3 Å². The molecule has 2 amide bonds. The minimum atomic E-state index is -0.127. The van der Waals surface area contributed by atoms with E-state index in [1.54, 1.807) is 0 Å². The van der Waals surface area contributed by atoms with E-state index in [0.717, 1.165) is 30.0 Å². The minimum absolute atomic E-state index is 0.127. The van der Waals surface area contributed by atoms with E-state index in [2.05, 4.69) is 10.6 Å². The molecular weight excluding hydrogens is 340 g/mol. The van der Waals surface area contributed by atoms with Gasteiger partial charge in [-0.2, -0.15) is 0 Å². The summed E-state index contributed by atoms with van der Waals surface area (Å²) in [5.74, 6) is 4.08. The second-order valence-corrected chi connectivity index (χ2v) is 8.75. The molecule has 0 aromatic heterocycles. The fourth-order valence-corrected chi connectivity index (χ4v) is 6.08. The van der Waals surface area contributed by atoms with Crippen LogP contribution in [0.1, 0.15) is 52.4 Å². The Balaban J connectivity index is 1.35. The van der Waals surface area contributed by atoms with Crippen molar-refractivity contribution in [2.75, 3.05) is 25.1 Å². The summed E-state index contributed by atoms with van der Waals surface area (Å²) >= 11 is 0. The highest BCUT2D eigenvalue weighted by molar-refractivity contribution is 5.89. The van der Waals surface area contributed by atoms with Crippen LogP contribution in [0.4, 0.5) is 10.5 Å². The number of benzene rings is 1. The van der Waals surface area contributed by atoms with Gasteiger partial charge in [-0.05, 0) is 87.7 Å². The van der Waals surface area contributed by atoms with E-state index in [1.165, 1.54) is 38.5 Å². The second kappa shape index (κ2) is 7.61. The normalized spacial score (nSPS) is 30.8. The smallest absolute Gasteiger partial charge is 0.319 e. The maximum absolute atomic E-state index is 12.5. The molecule has 1 aromatic rings. The first kappa shape index (κ1) is 18.5. The molecule has 0 saturated heterocycles. The molecule has 4 bridgehead atoms. The molecule has 0 aliphatic heterocycles. The van der Waals surface area contributed by atoms with Gasteiger partial charge in [0.25, 0.3) is 0 Å². The number of rotatable bonds is 7. The number of ether oxygens (including phenoxy) is 2. The van der Waals surface area contributed by atoms with Gasteiger partial charge in [0, 0.05) is 18.3 Å². The Morgan fingerprint density at radius 2 is 1.59 bits per heavy atom. The number of carbonyl (C=O) groups excluding carboxylic acids is 1. The highest BCUT2D eigenvalue weighted by Crippen LogP contribution is 2.59. The van der Waals surface area contributed by atoms with Crippen LogP contribution in [0.5, 0.6) is 11.5 Å². The Morgan fingerprint density at radius 1 is 1.00 bits per heavy atom. The van der Waals surface area contributed by atoms with Crippen molar-refractivity contribution in [2.45, 2.75) is 52.4 Å². The van der Waals surface area contributed by atoms with E-state index < -0.39 is 0 Å². The molecule has 5 heteroatoms. The Morgan fingerprint density at radius 3 is 2.19 bits per heavy atom. The van der Waals surface area contributed by atoms with Crippen LogP contribution in [0.25, 0.3) is 0 Å². The lowest BCUT2D eigenvalue weighted by Gasteiger charge is -2.56. The number of carbonyl (C=O) groups is 1. The van der Waals surface area contributed by atoms with Crippen LogP contribution < -0.4 is 20.1 Å². The summed E-state index contributed by atoms with van der Waals surface area (Å²) in [6.45, 7) is 5.83.